The van der Waals surface area contributed by atoms with Crippen LogP contribution in [0.2, 0.25) is 5.02 Å². The number of benzene rings is 1. The molecule has 1 N–H and O–H groups in total. The van der Waals surface area contributed by atoms with Gasteiger partial charge in [-0.1, -0.05) is 30.7 Å². The van der Waals surface area contributed by atoms with Gasteiger partial charge in [0.15, 0.2) is 0 Å². The molecule has 0 radical (unpaired) electrons. The van der Waals surface area contributed by atoms with E-state index >= 15 is 0 Å². The van der Waals surface area contributed by atoms with Crippen LogP contribution in [0.4, 0.5) is 0 Å². The van der Waals surface area contributed by atoms with Crippen molar-refractivity contribution in [1.29, 1.82) is 0 Å². The lowest BCUT2D eigenvalue weighted by molar-refractivity contribution is 0.0257. The maximum absolute atomic E-state index is 6.07. The third-order valence-corrected chi connectivity index (χ3v) is 3.59. The van der Waals surface area contributed by atoms with Crippen LogP contribution in [0.25, 0.3) is 0 Å². The van der Waals surface area contributed by atoms with Crippen molar-refractivity contribution in [2.45, 2.75) is 19.4 Å². The number of ether oxygens (including phenoxy) is 2. The van der Waals surface area contributed by atoms with E-state index < -0.39 is 0 Å². The summed E-state index contributed by atoms with van der Waals surface area (Å²) >= 11 is 6.05. The fourth-order valence-corrected chi connectivity index (χ4v) is 2.42. The molecule has 0 spiro atoms. The van der Waals surface area contributed by atoms with Gasteiger partial charge in [0.2, 0.25) is 0 Å². The molecule has 4 heteroatoms. The molecular formula is C15H22ClNO2. The Morgan fingerprint density at radius 2 is 2.42 bits per heavy atom. The monoisotopic (exact) mass is 283 g/mol. The SMILES string of the molecule is CCNCC(OCC1CCOC1)c1cccc(Cl)c1. The molecule has 1 fully saturated rings. The van der Waals surface area contributed by atoms with E-state index in [-0.39, 0.29) is 6.10 Å². The fraction of sp³-hybridized carbons (Fsp3) is 0.600. The van der Waals surface area contributed by atoms with Crippen molar-refractivity contribution in [2.24, 2.45) is 5.92 Å². The van der Waals surface area contributed by atoms with Crippen LogP contribution in [-0.2, 0) is 9.47 Å². The first-order valence-electron chi connectivity index (χ1n) is 6.95. The van der Waals surface area contributed by atoms with Crippen molar-refractivity contribution < 1.29 is 9.47 Å². The molecule has 1 saturated heterocycles. The topological polar surface area (TPSA) is 30.5 Å². The standard InChI is InChI=1S/C15H22ClNO2/c1-2-17-9-15(13-4-3-5-14(16)8-13)19-11-12-6-7-18-10-12/h3-5,8,12,15,17H,2,6-7,9-11H2,1H3. The number of rotatable bonds is 7. The average Bonchev–Trinajstić information content (AvgIpc) is 2.92. The Morgan fingerprint density at radius 1 is 1.53 bits per heavy atom. The number of nitrogens with one attached hydrogen (secondary N) is 1. The summed E-state index contributed by atoms with van der Waals surface area (Å²) in [5.41, 5.74) is 1.13. The van der Waals surface area contributed by atoms with E-state index in [0.29, 0.717) is 5.92 Å². The van der Waals surface area contributed by atoms with E-state index in [1.807, 2.05) is 18.2 Å². The van der Waals surface area contributed by atoms with Crippen molar-refractivity contribution in [3.63, 3.8) is 0 Å². The second-order valence-corrected chi connectivity index (χ2v) is 5.35. The lowest BCUT2D eigenvalue weighted by atomic mass is 10.1. The Hall–Kier alpha value is -0.610. The van der Waals surface area contributed by atoms with Crippen LogP contribution in [0.3, 0.4) is 0 Å². The van der Waals surface area contributed by atoms with Gasteiger partial charge in [0.25, 0.3) is 0 Å². The maximum atomic E-state index is 6.07. The van der Waals surface area contributed by atoms with E-state index in [1.165, 1.54) is 0 Å². The van der Waals surface area contributed by atoms with Crippen LogP contribution in [0.5, 0.6) is 0 Å². The zero-order valence-corrected chi connectivity index (χ0v) is 12.2. The number of likely N-dealkylation sites (N-methyl/N-ethyl adjacent to an activating group) is 1. The van der Waals surface area contributed by atoms with Crippen molar-refractivity contribution in [3.8, 4) is 0 Å². The minimum absolute atomic E-state index is 0.0549. The van der Waals surface area contributed by atoms with E-state index in [0.717, 1.165) is 49.9 Å². The second kappa shape index (κ2) is 7.85. The minimum Gasteiger partial charge on any atom is -0.381 e. The minimum atomic E-state index is 0.0549. The highest BCUT2D eigenvalue weighted by Crippen LogP contribution is 2.23. The van der Waals surface area contributed by atoms with Crippen LogP contribution >= 0.6 is 11.6 Å². The quantitative estimate of drug-likeness (QED) is 0.834. The third kappa shape index (κ3) is 4.77. The van der Waals surface area contributed by atoms with Crippen LogP contribution in [0.1, 0.15) is 25.0 Å². The third-order valence-electron chi connectivity index (χ3n) is 3.36. The van der Waals surface area contributed by atoms with Crippen LogP contribution in [0.15, 0.2) is 24.3 Å². The molecule has 1 aromatic rings. The molecule has 1 aliphatic heterocycles. The van der Waals surface area contributed by atoms with Gasteiger partial charge in [-0.05, 0) is 30.7 Å². The molecule has 1 aromatic carbocycles. The molecule has 0 saturated carbocycles. The summed E-state index contributed by atoms with van der Waals surface area (Å²) in [6.07, 6.45) is 1.16. The van der Waals surface area contributed by atoms with E-state index in [9.17, 15) is 0 Å². The first-order valence-corrected chi connectivity index (χ1v) is 7.33. The summed E-state index contributed by atoms with van der Waals surface area (Å²) in [4.78, 5) is 0. The first kappa shape index (κ1) is 14.8. The van der Waals surface area contributed by atoms with E-state index in [2.05, 4.69) is 18.3 Å². The summed E-state index contributed by atoms with van der Waals surface area (Å²) in [7, 11) is 0. The normalized spacial score (nSPS) is 20.6. The Kier molecular flexibility index (Phi) is 6.11. The molecule has 0 aliphatic carbocycles. The Balaban J connectivity index is 1.94. The lowest BCUT2D eigenvalue weighted by Crippen LogP contribution is -2.25. The zero-order valence-electron chi connectivity index (χ0n) is 11.4. The van der Waals surface area contributed by atoms with Gasteiger partial charge in [-0.2, -0.15) is 0 Å². The van der Waals surface area contributed by atoms with E-state index in [1.54, 1.807) is 0 Å². The zero-order chi connectivity index (χ0) is 13.5. The van der Waals surface area contributed by atoms with Crippen LogP contribution in [0, 0.1) is 5.92 Å². The second-order valence-electron chi connectivity index (χ2n) is 4.91. The van der Waals surface area contributed by atoms with Gasteiger partial charge in [-0.3, -0.25) is 0 Å². The van der Waals surface area contributed by atoms with Gasteiger partial charge >= 0.3 is 0 Å². The largest absolute Gasteiger partial charge is 0.381 e. The molecule has 2 rings (SSSR count). The number of halogens is 1. The van der Waals surface area contributed by atoms with Gasteiger partial charge in [0.1, 0.15) is 0 Å². The van der Waals surface area contributed by atoms with Gasteiger partial charge in [-0.15, -0.1) is 0 Å². The van der Waals surface area contributed by atoms with Crippen molar-refractivity contribution in [3.05, 3.63) is 34.9 Å². The first-order chi connectivity index (χ1) is 9.29. The lowest BCUT2D eigenvalue weighted by Gasteiger charge is -2.20. The maximum Gasteiger partial charge on any atom is 0.0949 e. The summed E-state index contributed by atoms with van der Waals surface area (Å²) in [6, 6.07) is 7.91. The molecule has 1 heterocycles. The molecule has 3 nitrogen and oxygen atoms in total. The van der Waals surface area contributed by atoms with Gasteiger partial charge in [0.05, 0.1) is 19.3 Å². The highest BCUT2D eigenvalue weighted by Gasteiger charge is 2.19. The fourth-order valence-electron chi connectivity index (χ4n) is 2.22. The molecule has 1 aliphatic rings. The molecule has 106 valence electrons. The van der Waals surface area contributed by atoms with Crippen molar-refractivity contribution in [1.82, 2.24) is 5.32 Å². The molecule has 19 heavy (non-hydrogen) atoms. The highest BCUT2D eigenvalue weighted by molar-refractivity contribution is 6.30. The average molecular weight is 284 g/mol. The summed E-state index contributed by atoms with van der Waals surface area (Å²) in [6.45, 7) is 6.28. The summed E-state index contributed by atoms with van der Waals surface area (Å²) in [5.74, 6) is 0.531. The number of hydrogen-bond donors (Lipinski definition) is 1. The Labute approximate surface area is 120 Å². The van der Waals surface area contributed by atoms with Crippen molar-refractivity contribution in [2.75, 3.05) is 32.9 Å². The summed E-state index contributed by atoms with van der Waals surface area (Å²) < 4.78 is 11.4. The Morgan fingerprint density at radius 3 is 3.11 bits per heavy atom. The summed E-state index contributed by atoms with van der Waals surface area (Å²) in [5, 5.41) is 4.10. The van der Waals surface area contributed by atoms with Gasteiger partial charge in [-0.25, -0.2) is 0 Å². The van der Waals surface area contributed by atoms with Crippen molar-refractivity contribution >= 4 is 11.6 Å². The molecule has 0 amide bonds. The molecule has 0 bridgehead atoms. The Bertz CT molecular complexity index is 380. The molecule has 2 unspecified atom stereocenters. The van der Waals surface area contributed by atoms with Gasteiger partial charge < -0.3 is 14.8 Å². The smallest absolute Gasteiger partial charge is 0.0949 e. The predicted octanol–water partition coefficient (Wildman–Crippen LogP) is 3.04. The van der Waals surface area contributed by atoms with Crippen LogP contribution in [-0.4, -0.2) is 32.9 Å². The van der Waals surface area contributed by atoms with Gasteiger partial charge in [0, 0.05) is 24.1 Å². The molecule has 0 aromatic heterocycles. The molecule has 2 atom stereocenters. The van der Waals surface area contributed by atoms with E-state index in [4.69, 9.17) is 21.1 Å². The highest BCUT2D eigenvalue weighted by atomic mass is 35.5. The van der Waals surface area contributed by atoms with Crippen LogP contribution < -0.4 is 5.32 Å². The predicted molar refractivity (Wildman–Crippen MR) is 77.6 cm³/mol. The molecular weight excluding hydrogens is 262 g/mol. The number of hydrogen-bond acceptors (Lipinski definition) is 3.